The second kappa shape index (κ2) is 7.13. The Morgan fingerprint density at radius 3 is 2.64 bits per heavy atom. The van der Waals surface area contributed by atoms with Crippen LogP contribution in [0.2, 0.25) is 0 Å². The summed E-state index contributed by atoms with van der Waals surface area (Å²) < 4.78 is 2.02. The lowest BCUT2D eigenvalue weighted by molar-refractivity contribution is 0.0980. The molecule has 0 saturated heterocycles. The second-order valence-electron chi connectivity index (χ2n) is 7.45. The highest BCUT2D eigenvalue weighted by atomic mass is 32.2. The molecule has 2 heterocycles. The summed E-state index contributed by atoms with van der Waals surface area (Å²) in [5.41, 5.74) is 6.25. The fraction of sp³-hybridized carbons (Fsp3) is 0.304. The van der Waals surface area contributed by atoms with E-state index in [1.54, 1.807) is 0 Å². The molecule has 1 amide bonds. The molecule has 0 atom stereocenters. The van der Waals surface area contributed by atoms with E-state index in [1.807, 2.05) is 45.6 Å². The molecule has 1 aliphatic heterocycles. The number of carbonyl (C=O) groups excluding carboxylic acids is 1. The first-order chi connectivity index (χ1) is 13.7. The highest BCUT2D eigenvalue weighted by Gasteiger charge is 2.31. The number of nitrogens with zero attached hydrogens (tertiary/aromatic N) is 3. The molecule has 0 bridgehead atoms. The van der Waals surface area contributed by atoms with Crippen molar-refractivity contribution in [3.8, 4) is 5.69 Å². The van der Waals surface area contributed by atoms with Gasteiger partial charge in [0.2, 0.25) is 0 Å². The number of hydrogen-bond donors (Lipinski definition) is 0. The zero-order valence-electron chi connectivity index (χ0n) is 16.0. The van der Waals surface area contributed by atoms with Crippen molar-refractivity contribution >= 4 is 23.4 Å². The van der Waals surface area contributed by atoms with Crippen LogP contribution in [-0.4, -0.2) is 28.0 Å². The van der Waals surface area contributed by atoms with E-state index in [0.29, 0.717) is 5.69 Å². The molecule has 1 aliphatic carbocycles. The molecule has 142 valence electrons. The van der Waals surface area contributed by atoms with Crippen molar-refractivity contribution in [2.45, 2.75) is 37.5 Å². The Morgan fingerprint density at radius 2 is 1.79 bits per heavy atom. The molecule has 5 heteroatoms. The van der Waals surface area contributed by atoms with Crippen molar-refractivity contribution in [1.29, 1.82) is 0 Å². The van der Waals surface area contributed by atoms with Crippen molar-refractivity contribution in [2.24, 2.45) is 0 Å². The van der Waals surface area contributed by atoms with Gasteiger partial charge in [-0.1, -0.05) is 30.3 Å². The Kier molecular flexibility index (Phi) is 4.47. The van der Waals surface area contributed by atoms with Gasteiger partial charge in [-0.3, -0.25) is 4.79 Å². The van der Waals surface area contributed by atoms with Gasteiger partial charge in [0.15, 0.2) is 5.69 Å². The van der Waals surface area contributed by atoms with Gasteiger partial charge in [0.1, 0.15) is 0 Å². The van der Waals surface area contributed by atoms with Crippen LogP contribution < -0.4 is 4.90 Å². The van der Waals surface area contributed by atoms with Crippen LogP contribution >= 0.6 is 11.8 Å². The maximum atomic E-state index is 13.6. The summed E-state index contributed by atoms with van der Waals surface area (Å²) in [5.74, 6) is 1.08. The first kappa shape index (κ1) is 17.6. The number of aromatic nitrogens is 2. The third kappa shape index (κ3) is 2.85. The second-order valence-corrected chi connectivity index (χ2v) is 8.59. The number of thioether (sulfide) groups is 1. The van der Waals surface area contributed by atoms with Gasteiger partial charge in [-0.15, -0.1) is 11.8 Å². The van der Waals surface area contributed by atoms with E-state index in [2.05, 4.69) is 31.2 Å². The summed E-state index contributed by atoms with van der Waals surface area (Å²) in [7, 11) is 0. The molecule has 0 spiro atoms. The number of anilines is 1. The summed E-state index contributed by atoms with van der Waals surface area (Å²) in [6, 6.07) is 16.5. The number of fused-ring (bicyclic) bond motifs is 2. The van der Waals surface area contributed by atoms with Crippen LogP contribution in [0.1, 0.15) is 40.2 Å². The molecule has 2 aliphatic rings. The topological polar surface area (TPSA) is 38.1 Å². The quantitative estimate of drug-likeness (QED) is 0.631. The largest absolute Gasteiger partial charge is 0.306 e. The van der Waals surface area contributed by atoms with Gasteiger partial charge in [-0.05, 0) is 62.1 Å². The average Bonchev–Trinajstić information content (AvgIpc) is 3.25. The molecule has 0 unspecified atom stereocenters. The highest BCUT2D eigenvalue weighted by Crippen LogP contribution is 2.36. The van der Waals surface area contributed by atoms with E-state index in [9.17, 15) is 4.79 Å². The third-order valence-corrected chi connectivity index (χ3v) is 6.81. The molecule has 2 aromatic carbocycles. The molecule has 0 N–H and O–H groups in total. The minimum Gasteiger partial charge on any atom is -0.306 e. The van der Waals surface area contributed by atoms with E-state index in [-0.39, 0.29) is 5.91 Å². The number of hydrogen-bond acceptors (Lipinski definition) is 3. The van der Waals surface area contributed by atoms with Crippen molar-refractivity contribution in [3.05, 3.63) is 71.0 Å². The zero-order chi connectivity index (χ0) is 19.1. The summed E-state index contributed by atoms with van der Waals surface area (Å²) in [6.07, 6.45) is 4.00. The molecular formula is C23H23N3OS. The zero-order valence-corrected chi connectivity index (χ0v) is 16.8. The van der Waals surface area contributed by atoms with E-state index in [1.165, 1.54) is 16.2 Å². The van der Waals surface area contributed by atoms with Crippen LogP contribution in [-0.2, 0) is 12.8 Å². The Morgan fingerprint density at radius 1 is 1.00 bits per heavy atom. The SMILES string of the molecule is Cc1ccccc1-n1nc(C(=O)N2CCCSc3ccccc32)c2c1CCC2. The van der Waals surface area contributed by atoms with Crippen molar-refractivity contribution in [2.75, 3.05) is 17.2 Å². The maximum absolute atomic E-state index is 13.6. The molecule has 3 aromatic rings. The highest BCUT2D eigenvalue weighted by molar-refractivity contribution is 7.99. The summed E-state index contributed by atoms with van der Waals surface area (Å²) >= 11 is 1.84. The number of amides is 1. The molecule has 4 nitrogen and oxygen atoms in total. The van der Waals surface area contributed by atoms with Crippen molar-refractivity contribution in [1.82, 2.24) is 9.78 Å². The lowest BCUT2D eigenvalue weighted by atomic mass is 10.1. The lowest BCUT2D eigenvalue weighted by Crippen LogP contribution is -2.32. The predicted molar refractivity (Wildman–Crippen MR) is 114 cm³/mol. The van der Waals surface area contributed by atoms with Gasteiger partial charge in [-0.2, -0.15) is 5.10 Å². The molecule has 5 rings (SSSR count). The predicted octanol–water partition coefficient (Wildman–Crippen LogP) is 4.81. The fourth-order valence-electron chi connectivity index (χ4n) is 4.28. The van der Waals surface area contributed by atoms with E-state index >= 15 is 0 Å². The standard InChI is InChI=1S/C23H23N3OS/c1-16-8-2-3-10-18(16)26-19-12-6-9-17(19)22(24-26)23(27)25-14-7-15-28-21-13-5-4-11-20(21)25/h2-5,8,10-11,13H,6-7,9,12,14-15H2,1H3. The third-order valence-electron chi connectivity index (χ3n) is 5.66. The summed E-state index contributed by atoms with van der Waals surface area (Å²) in [5, 5.41) is 4.86. The monoisotopic (exact) mass is 389 g/mol. The maximum Gasteiger partial charge on any atom is 0.279 e. The smallest absolute Gasteiger partial charge is 0.279 e. The van der Waals surface area contributed by atoms with Crippen LogP contribution in [0.25, 0.3) is 5.69 Å². The van der Waals surface area contributed by atoms with E-state index < -0.39 is 0 Å². The molecule has 1 aromatic heterocycles. The Hall–Kier alpha value is -2.53. The van der Waals surface area contributed by atoms with Gasteiger partial charge in [0, 0.05) is 22.7 Å². The minimum atomic E-state index is 0.0421. The fourth-order valence-corrected chi connectivity index (χ4v) is 5.27. The molecular weight excluding hydrogens is 366 g/mol. The summed E-state index contributed by atoms with van der Waals surface area (Å²) in [6.45, 7) is 2.84. The summed E-state index contributed by atoms with van der Waals surface area (Å²) in [4.78, 5) is 16.8. The van der Waals surface area contributed by atoms with Gasteiger partial charge in [0.25, 0.3) is 5.91 Å². The van der Waals surface area contributed by atoms with E-state index in [4.69, 9.17) is 5.10 Å². The number of para-hydroxylation sites is 2. The Bertz CT molecular complexity index is 1060. The van der Waals surface area contributed by atoms with Crippen molar-refractivity contribution < 1.29 is 4.79 Å². The number of benzene rings is 2. The average molecular weight is 390 g/mol. The van der Waals surface area contributed by atoms with Gasteiger partial charge in [-0.25, -0.2) is 4.68 Å². The van der Waals surface area contributed by atoms with Crippen LogP contribution in [0.3, 0.4) is 0 Å². The Balaban J connectivity index is 1.60. The first-order valence-electron chi connectivity index (χ1n) is 9.94. The number of rotatable bonds is 2. The van der Waals surface area contributed by atoms with Crippen molar-refractivity contribution in [3.63, 3.8) is 0 Å². The van der Waals surface area contributed by atoms with Gasteiger partial charge >= 0.3 is 0 Å². The lowest BCUT2D eigenvalue weighted by Gasteiger charge is -2.22. The van der Waals surface area contributed by atoms with E-state index in [0.717, 1.165) is 54.9 Å². The van der Waals surface area contributed by atoms with Crippen LogP contribution in [0.4, 0.5) is 5.69 Å². The normalized spacial score (nSPS) is 15.8. The van der Waals surface area contributed by atoms with Crippen LogP contribution in [0.15, 0.2) is 53.4 Å². The van der Waals surface area contributed by atoms with Crippen LogP contribution in [0.5, 0.6) is 0 Å². The minimum absolute atomic E-state index is 0.0421. The molecule has 0 radical (unpaired) electrons. The number of aryl methyl sites for hydroxylation is 1. The molecule has 28 heavy (non-hydrogen) atoms. The number of carbonyl (C=O) groups is 1. The van der Waals surface area contributed by atoms with Gasteiger partial charge < -0.3 is 4.90 Å². The van der Waals surface area contributed by atoms with Crippen LogP contribution in [0, 0.1) is 6.92 Å². The first-order valence-corrected chi connectivity index (χ1v) is 10.9. The Labute approximate surface area is 169 Å². The molecule has 0 saturated carbocycles. The van der Waals surface area contributed by atoms with Gasteiger partial charge in [0.05, 0.1) is 11.4 Å². The molecule has 0 fully saturated rings.